The number of amides is 2. The molecule has 4 rings (SSSR count). The van der Waals surface area contributed by atoms with Crippen LogP contribution in [0.25, 0.3) is 0 Å². The van der Waals surface area contributed by atoms with E-state index < -0.39 is 0 Å². The van der Waals surface area contributed by atoms with Gasteiger partial charge in [0, 0.05) is 37.2 Å². The molecule has 5 nitrogen and oxygen atoms in total. The van der Waals surface area contributed by atoms with E-state index in [4.69, 9.17) is 4.74 Å². The molecule has 0 radical (unpaired) electrons. The number of fused-ring (bicyclic) bond motifs is 2. The van der Waals surface area contributed by atoms with Crippen molar-refractivity contribution in [3.05, 3.63) is 41.9 Å². The number of aromatic nitrogens is 1. The summed E-state index contributed by atoms with van der Waals surface area (Å²) in [5, 5.41) is 5.88. The molecule has 0 saturated carbocycles. The smallest absolute Gasteiger partial charge is 0.322 e. The molecule has 2 amide bonds. The summed E-state index contributed by atoms with van der Waals surface area (Å²) >= 11 is 1.55. The molecule has 0 spiro atoms. The van der Waals surface area contributed by atoms with Crippen molar-refractivity contribution in [3.8, 4) is 5.88 Å². The average Bonchev–Trinajstić information content (AvgIpc) is 3.15. The predicted molar refractivity (Wildman–Crippen MR) is 89.9 cm³/mol. The second-order valence-electron chi connectivity index (χ2n) is 6.08. The molecule has 2 unspecified atom stereocenters. The molecule has 4 heterocycles. The summed E-state index contributed by atoms with van der Waals surface area (Å²) in [7, 11) is 0. The van der Waals surface area contributed by atoms with E-state index in [-0.39, 0.29) is 24.2 Å². The van der Waals surface area contributed by atoms with Gasteiger partial charge in [-0.1, -0.05) is 6.07 Å². The topological polar surface area (TPSA) is 54.5 Å². The van der Waals surface area contributed by atoms with Crippen molar-refractivity contribution in [2.24, 2.45) is 0 Å². The van der Waals surface area contributed by atoms with Crippen LogP contribution in [0, 0.1) is 0 Å². The number of carbonyl (C=O) groups excluding carboxylic acids is 1. The van der Waals surface area contributed by atoms with Crippen LogP contribution in [0.15, 0.2) is 41.9 Å². The normalized spacial score (nSPS) is 26.1. The van der Waals surface area contributed by atoms with E-state index in [1.807, 2.05) is 40.6 Å². The maximum atomic E-state index is 12.6. The monoisotopic (exact) mass is 329 g/mol. The fourth-order valence-electron chi connectivity index (χ4n) is 3.66. The molecule has 1 N–H and O–H groups in total. The SMILES string of the molecule is O=C(Nc1cccs1)N1C2CCC1CC(Oc1ccccn1)C2. The molecule has 2 aromatic heterocycles. The van der Waals surface area contributed by atoms with Gasteiger partial charge in [-0.3, -0.25) is 5.32 Å². The number of pyridine rings is 1. The molecular weight excluding hydrogens is 310 g/mol. The lowest BCUT2D eigenvalue weighted by Gasteiger charge is -2.38. The van der Waals surface area contributed by atoms with Crippen LogP contribution in [0.2, 0.25) is 0 Å². The van der Waals surface area contributed by atoms with Crippen LogP contribution in [0.1, 0.15) is 25.7 Å². The van der Waals surface area contributed by atoms with Crippen LogP contribution in [0.4, 0.5) is 9.80 Å². The Hall–Kier alpha value is -2.08. The number of anilines is 1. The van der Waals surface area contributed by atoms with Crippen LogP contribution < -0.4 is 10.1 Å². The van der Waals surface area contributed by atoms with Gasteiger partial charge in [0.1, 0.15) is 6.10 Å². The van der Waals surface area contributed by atoms with Crippen molar-refractivity contribution in [2.75, 3.05) is 5.32 Å². The number of urea groups is 1. The van der Waals surface area contributed by atoms with Gasteiger partial charge >= 0.3 is 6.03 Å². The maximum absolute atomic E-state index is 12.6. The van der Waals surface area contributed by atoms with Crippen molar-refractivity contribution >= 4 is 22.4 Å². The molecule has 0 aliphatic carbocycles. The molecule has 120 valence electrons. The standard InChI is InChI=1S/C17H19N3O2S/c21-17(19-16-5-3-9-23-16)20-12-6-7-13(20)11-14(10-12)22-15-4-1-2-8-18-15/h1-5,8-9,12-14H,6-7,10-11H2,(H,19,21). The predicted octanol–water partition coefficient (Wildman–Crippen LogP) is 3.75. The average molecular weight is 329 g/mol. The van der Waals surface area contributed by atoms with E-state index in [2.05, 4.69) is 10.3 Å². The fourth-order valence-corrected chi connectivity index (χ4v) is 4.27. The first-order valence-electron chi connectivity index (χ1n) is 8.00. The summed E-state index contributed by atoms with van der Waals surface area (Å²) in [5.41, 5.74) is 0. The molecule has 2 aliphatic rings. The Kier molecular flexibility index (Phi) is 3.91. The van der Waals surface area contributed by atoms with Crippen molar-refractivity contribution in [3.63, 3.8) is 0 Å². The van der Waals surface area contributed by atoms with Crippen molar-refractivity contribution in [1.82, 2.24) is 9.88 Å². The van der Waals surface area contributed by atoms with E-state index in [9.17, 15) is 4.79 Å². The Morgan fingerprint density at radius 1 is 1.22 bits per heavy atom. The summed E-state index contributed by atoms with van der Waals surface area (Å²) in [6, 6.07) is 10.1. The largest absolute Gasteiger partial charge is 0.474 e. The molecule has 23 heavy (non-hydrogen) atoms. The minimum Gasteiger partial charge on any atom is -0.474 e. The third kappa shape index (κ3) is 3.03. The van der Waals surface area contributed by atoms with Crippen molar-refractivity contribution in [1.29, 1.82) is 0 Å². The minimum absolute atomic E-state index is 0.0243. The van der Waals surface area contributed by atoms with E-state index in [1.54, 1.807) is 17.5 Å². The minimum atomic E-state index is 0.0243. The number of hydrogen-bond acceptors (Lipinski definition) is 4. The van der Waals surface area contributed by atoms with Crippen LogP contribution in [-0.4, -0.2) is 34.1 Å². The lowest BCUT2D eigenvalue weighted by atomic mass is 10.00. The van der Waals surface area contributed by atoms with Crippen LogP contribution in [0.5, 0.6) is 5.88 Å². The number of carbonyl (C=O) groups is 1. The second kappa shape index (κ2) is 6.20. The fraction of sp³-hybridized carbons (Fsp3) is 0.412. The van der Waals surface area contributed by atoms with Crippen LogP contribution in [-0.2, 0) is 0 Å². The first-order chi connectivity index (χ1) is 11.3. The molecule has 2 aromatic rings. The molecule has 2 aliphatic heterocycles. The second-order valence-corrected chi connectivity index (χ2v) is 7.03. The van der Waals surface area contributed by atoms with Gasteiger partial charge in [-0.2, -0.15) is 0 Å². The maximum Gasteiger partial charge on any atom is 0.322 e. The Bertz CT molecular complexity index is 648. The zero-order chi connectivity index (χ0) is 15.6. The Labute approximate surface area is 139 Å². The number of nitrogens with zero attached hydrogens (tertiary/aromatic N) is 2. The van der Waals surface area contributed by atoms with Gasteiger partial charge in [0.05, 0.1) is 5.00 Å². The van der Waals surface area contributed by atoms with Gasteiger partial charge in [-0.05, 0) is 36.4 Å². The molecule has 6 heteroatoms. The molecule has 2 fully saturated rings. The molecular formula is C17H19N3O2S. The quantitative estimate of drug-likeness (QED) is 0.933. The molecule has 2 bridgehead atoms. The van der Waals surface area contributed by atoms with E-state index in [0.717, 1.165) is 30.7 Å². The third-order valence-corrected chi connectivity index (χ3v) is 5.39. The Morgan fingerprint density at radius 3 is 2.70 bits per heavy atom. The number of ether oxygens (including phenoxy) is 1. The van der Waals surface area contributed by atoms with Gasteiger partial charge in [-0.25, -0.2) is 9.78 Å². The van der Waals surface area contributed by atoms with Gasteiger partial charge in [0.2, 0.25) is 5.88 Å². The first kappa shape index (κ1) is 14.5. The zero-order valence-electron chi connectivity index (χ0n) is 12.7. The number of piperidine rings is 1. The highest BCUT2D eigenvalue weighted by Gasteiger charge is 2.44. The number of nitrogens with one attached hydrogen (secondary N) is 1. The van der Waals surface area contributed by atoms with Crippen molar-refractivity contribution < 1.29 is 9.53 Å². The number of rotatable bonds is 3. The third-order valence-electron chi connectivity index (χ3n) is 4.60. The van der Waals surface area contributed by atoms with Gasteiger partial charge < -0.3 is 9.64 Å². The highest BCUT2D eigenvalue weighted by molar-refractivity contribution is 7.14. The van der Waals surface area contributed by atoms with E-state index in [0.29, 0.717) is 5.88 Å². The lowest BCUT2D eigenvalue weighted by Crippen LogP contribution is -2.50. The Morgan fingerprint density at radius 2 is 2.04 bits per heavy atom. The molecule has 0 aromatic carbocycles. The Balaban J connectivity index is 1.41. The summed E-state index contributed by atoms with van der Waals surface area (Å²) < 4.78 is 6.00. The highest BCUT2D eigenvalue weighted by Crippen LogP contribution is 2.37. The van der Waals surface area contributed by atoms with E-state index in [1.165, 1.54) is 0 Å². The van der Waals surface area contributed by atoms with E-state index >= 15 is 0 Å². The summed E-state index contributed by atoms with van der Waals surface area (Å²) in [5.74, 6) is 0.674. The molecule has 2 atom stereocenters. The van der Waals surface area contributed by atoms with Crippen LogP contribution in [0.3, 0.4) is 0 Å². The highest BCUT2D eigenvalue weighted by atomic mass is 32.1. The van der Waals surface area contributed by atoms with Crippen molar-refractivity contribution in [2.45, 2.75) is 43.9 Å². The molecule has 2 saturated heterocycles. The zero-order valence-corrected chi connectivity index (χ0v) is 13.5. The van der Waals surface area contributed by atoms with Crippen LogP contribution >= 0.6 is 11.3 Å². The van der Waals surface area contributed by atoms with Gasteiger partial charge in [0.15, 0.2) is 0 Å². The summed E-state index contributed by atoms with van der Waals surface area (Å²) in [4.78, 5) is 18.8. The summed E-state index contributed by atoms with van der Waals surface area (Å²) in [6.45, 7) is 0. The lowest BCUT2D eigenvalue weighted by molar-refractivity contribution is 0.0704. The van der Waals surface area contributed by atoms with Gasteiger partial charge in [0.25, 0.3) is 0 Å². The van der Waals surface area contributed by atoms with Gasteiger partial charge in [-0.15, -0.1) is 11.3 Å². The summed E-state index contributed by atoms with van der Waals surface area (Å²) in [6.07, 6.45) is 5.77. The first-order valence-corrected chi connectivity index (χ1v) is 8.88. The number of hydrogen-bond donors (Lipinski definition) is 1. The number of thiophene rings is 1.